The molecule has 0 atom stereocenters. The molecule has 5 N–H and O–H groups in total. The number of aliphatic imine (C=N–C) groups is 1. The van der Waals surface area contributed by atoms with Crippen molar-refractivity contribution in [3.05, 3.63) is 95.3 Å². The lowest BCUT2D eigenvalue weighted by Gasteiger charge is -2.05. The summed E-state index contributed by atoms with van der Waals surface area (Å²) in [7, 11) is 6.62. The first-order valence-electron chi connectivity index (χ1n) is 13.4. The van der Waals surface area contributed by atoms with Crippen LogP contribution in [0.15, 0.2) is 72.1 Å². The predicted octanol–water partition coefficient (Wildman–Crippen LogP) is 3.55. The van der Waals surface area contributed by atoms with Crippen LogP contribution in [-0.2, 0) is 14.1 Å². The maximum Gasteiger partial charge on any atom is 0.272 e. The van der Waals surface area contributed by atoms with E-state index in [4.69, 9.17) is 10.5 Å². The molecule has 0 saturated heterocycles. The van der Waals surface area contributed by atoms with E-state index in [9.17, 15) is 14.4 Å². The average molecular weight is 583 g/mol. The third-order valence-corrected chi connectivity index (χ3v) is 6.56. The SMILES string of the molecule is CN=C(N)CCNC(=O)c1cc(NC(=O)c2cc(NC(=O)c3ccc(C=Cc4ccc(OC)cc4)nc3)cn2C)cn1C. The molecular formula is C31H34N8O4. The Kier molecular flexibility index (Phi) is 9.74. The smallest absolute Gasteiger partial charge is 0.272 e. The van der Waals surface area contributed by atoms with Crippen LogP contribution < -0.4 is 26.4 Å². The van der Waals surface area contributed by atoms with Crippen LogP contribution in [0.1, 0.15) is 49.0 Å². The maximum absolute atomic E-state index is 13.0. The molecule has 0 radical (unpaired) electrons. The molecule has 0 saturated carbocycles. The number of hydrogen-bond acceptors (Lipinski definition) is 6. The summed E-state index contributed by atoms with van der Waals surface area (Å²) in [5.74, 6) is 0.168. The number of methoxy groups -OCH3 is 1. The second kappa shape index (κ2) is 13.8. The van der Waals surface area contributed by atoms with Crippen LogP contribution in [0.4, 0.5) is 11.4 Å². The van der Waals surface area contributed by atoms with Gasteiger partial charge in [0, 0.05) is 52.7 Å². The fourth-order valence-corrected chi connectivity index (χ4v) is 4.16. The van der Waals surface area contributed by atoms with Gasteiger partial charge in [-0.3, -0.25) is 24.4 Å². The highest BCUT2D eigenvalue weighted by Gasteiger charge is 2.17. The van der Waals surface area contributed by atoms with Crippen molar-refractivity contribution in [2.75, 3.05) is 31.3 Å². The fraction of sp³-hybridized carbons (Fsp3) is 0.194. The Morgan fingerprint density at radius 3 is 2.12 bits per heavy atom. The number of carbonyl (C=O) groups is 3. The van der Waals surface area contributed by atoms with Gasteiger partial charge in [-0.15, -0.1) is 0 Å². The summed E-state index contributed by atoms with van der Waals surface area (Å²) < 4.78 is 8.39. The molecular weight excluding hydrogens is 548 g/mol. The van der Waals surface area contributed by atoms with Crippen LogP contribution in [0.3, 0.4) is 0 Å². The lowest BCUT2D eigenvalue weighted by atomic mass is 10.1. The van der Waals surface area contributed by atoms with Gasteiger partial charge in [0.2, 0.25) is 0 Å². The third kappa shape index (κ3) is 7.97. The largest absolute Gasteiger partial charge is 0.497 e. The number of pyridine rings is 1. The molecule has 3 amide bonds. The van der Waals surface area contributed by atoms with Crippen molar-refractivity contribution < 1.29 is 19.1 Å². The van der Waals surface area contributed by atoms with Gasteiger partial charge in [0.1, 0.15) is 17.1 Å². The second-order valence-corrected chi connectivity index (χ2v) is 9.66. The van der Waals surface area contributed by atoms with Gasteiger partial charge in [0.15, 0.2) is 0 Å². The lowest BCUT2D eigenvalue weighted by Crippen LogP contribution is -2.29. The molecule has 43 heavy (non-hydrogen) atoms. The number of nitrogens with one attached hydrogen (secondary N) is 3. The molecule has 0 aliphatic heterocycles. The molecule has 0 spiro atoms. The first kappa shape index (κ1) is 30.3. The third-order valence-electron chi connectivity index (χ3n) is 6.56. The van der Waals surface area contributed by atoms with Crippen LogP contribution in [0.2, 0.25) is 0 Å². The van der Waals surface area contributed by atoms with E-state index in [1.54, 1.807) is 74.0 Å². The number of amides is 3. The van der Waals surface area contributed by atoms with Gasteiger partial charge in [-0.2, -0.15) is 0 Å². The normalized spacial score (nSPS) is 11.4. The number of aromatic nitrogens is 3. The van der Waals surface area contributed by atoms with Gasteiger partial charge in [-0.1, -0.05) is 18.2 Å². The van der Waals surface area contributed by atoms with Crippen molar-refractivity contribution in [3.63, 3.8) is 0 Å². The number of nitrogens with zero attached hydrogens (tertiary/aromatic N) is 4. The van der Waals surface area contributed by atoms with E-state index in [1.807, 2.05) is 36.4 Å². The van der Waals surface area contributed by atoms with Gasteiger partial charge in [0.25, 0.3) is 17.7 Å². The Bertz CT molecular complexity index is 1660. The Balaban J connectivity index is 1.34. The zero-order valence-electron chi connectivity index (χ0n) is 24.4. The molecule has 3 heterocycles. The van der Waals surface area contributed by atoms with Gasteiger partial charge >= 0.3 is 0 Å². The van der Waals surface area contributed by atoms with Gasteiger partial charge in [-0.25, -0.2) is 0 Å². The fourth-order valence-electron chi connectivity index (χ4n) is 4.16. The maximum atomic E-state index is 13.0. The summed E-state index contributed by atoms with van der Waals surface area (Å²) in [4.78, 5) is 46.6. The molecule has 222 valence electrons. The van der Waals surface area contributed by atoms with Crippen molar-refractivity contribution in [2.45, 2.75) is 6.42 Å². The molecule has 12 nitrogen and oxygen atoms in total. The van der Waals surface area contributed by atoms with Crippen molar-refractivity contribution in [1.82, 2.24) is 19.4 Å². The minimum absolute atomic E-state index is 0.299. The van der Waals surface area contributed by atoms with Crippen molar-refractivity contribution in [1.29, 1.82) is 0 Å². The van der Waals surface area contributed by atoms with Crippen molar-refractivity contribution in [3.8, 4) is 5.75 Å². The van der Waals surface area contributed by atoms with Crippen molar-refractivity contribution in [2.24, 2.45) is 24.8 Å². The predicted molar refractivity (Wildman–Crippen MR) is 167 cm³/mol. The number of aryl methyl sites for hydroxylation is 2. The molecule has 0 aliphatic rings. The summed E-state index contributed by atoms with van der Waals surface area (Å²) in [6.07, 6.45) is 8.99. The van der Waals surface area contributed by atoms with Gasteiger partial charge in [-0.05, 0) is 48.0 Å². The topological polar surface area (TPSA) is 158 Å². The van der Waals surface area contributed by atoms with E-state index in [2.05, 4.69) is 25.9 Å². The van der Waals surface area contributed by atoms with Crippen LogP contribution >= 0.6 is 0 Å². The van der Waals surface area contributed by atoms with Gasteiger partial charge < -0.3 is 35.6 Å². The van der Waals surface area contributed by atoms with Crippen LogP contribution in [0.25, 0.3) is 12.2 Å². The average Bonchev–Trinajstić information content (AvgIpc) is 3.57. The quantitative estimate of drug-likeness (QED) is 0.156. The first-order chi connectivity index (χ1) is 20.7. The zero-order chi connectivity index (χ0) is 30.9. The van der Waals surface area contributed by atoms with E-state index in [0.29, 0.717) is 52.8 Å². The molecule has 4 aromatic rings. The Morgan fingerprint density at radius 2 is 1.53 bits per heavy atom. The van der Waals surface area contributed by atoms with Crippen LogP contribution in [0, 0.1) is 0 Å². The van der Waals surface area contributed by atoms with Gasteiger partial charge in [0.05, 0.1) is 35.6 Å². The summed E-state index contributed by atoms with van der Waals surface area (Å²) in [5, 5.41) is 8.38. The highest BCUT2D eigenvalue weighted by molar-refractivity contribution is 6.07. The summed E-state index contributed by atoms with van der Waals surface area (Å²) in [6.45, 7) is 0.342. The van der Waals surface area contributed by atoms with Crippen LogP contribution in [-0.4, -0.2) is 58.4 Å². The number of carbonyl (C=O) groups excluding carboxylic acids is 3. The second-order valence-electron chi connectivity index (χ2n) is 9.66. The monoisotopic (exact) mass is 582 g/mol. The molecule has 3 aromatic heterocycles. The Hall–Kier alpha value is -5.65. The first-order valence-corrected chi connectivity index (χ1v) is 13.4. The molecule has 0 fully saturated rings. The minimum Gasteiger partial charge on any atom is -0.497 e. The molecule has 0 unspecified atom stereocenters. The van der Waals surface area contributed by atoms with E-state index < -0.39 is 5.91 Å². The Morgan fingerprint density at radius 1 is 0.907 bits per heavy atom. The van der Waals surface area contributed by atoms with E-state index in [1.165, 1.54) is 6.20 Å². The number of anilines is 2. The lowest BCUT2D eigenvalue weighted by molar-refractivity contribution is 0.0945. The molecule has 4 rings (SSSR count). The number of rotatable bonds is 11. The van der Waals surface area contributed by atoms with E-state index in [-0.39, 0.29) is 11.8 Å². The molecule has 1 aromatic carbocycles. The number of hydrogen-bond donors (Lipinski definition) is 4. The summed E-state index contributed by atoms with van der Waals surface area (Å²) in [5.41, 5.74) is 9.31. The summed E-state index contributed by atoms with van der Waals surface area (Å²) >= 11 is 0. The standard InChI is InChI=1S/C31H34N8O4/c1-33-28(32)13-14-34-30(41)26-15-24(19-38(26)2)37-31(42)27-16-23(18-39(27)3)36-29(40)21-8-10-22(35-17-21)9-5-20-6-11-25(43-4)12-7-20/h5-12,15-19H,13-14H2,1-4H3,(H2,32,33)(H,34,41)(H,36,40)(H,37,42). The zero-order valence-corrected chi connectivity index (χ0v) is 24.4. The molecule has 0 bridgehead atoms. The number of ether oxygens (including phenoxy) is 1. The van der Waals surface area contributed by atoms with Crippen LogP contribution in [0.5, 0.6) is 5.75 Å². The highest BCUT2D eigenvalue weighted by atomic mass is 16.5. The number of nitrogens with two attached hydrogens (primary N) is 1. The number of amidine groups is 1. The molecule has 12 heteroatoms. The Labute approximate surface area is 249 Å². The van der Waals surface area contributed by atoms with Crippen molar-refractivity contribution >= 4 is 47.1 Å². The van der Waals surface area contributed by atoms with E-state index in [0.717, 1.165) is 11.3 Å². The summed E-state index contributed by atoms with van der Waals surface area (Å²) in [6, 6.07) is 14.2. The minimum atomic E-state index is -0.401. The highest BCUT2D eigenvalue weighted by Crippen LogP contribution is 2.19. The number of benzene rings is 1. The van der Waals surface area contributed by atoms with E-state index >= 15 is 0 Å². The molecule has 0 aliphatic carbocycles.